The van der Waals surface area contributed by atoms with Gasteiger partial charge in [-0.15, -0.1) is 0 Å². The summed E-state index contributed by atoms with van der Waals surface area (Å²) in [6, 6.07) is -0.0248. The number of carbonyl (C=O) groups excluding carboxylic acids is 3. The Morgan fingerprint density at radius 1 is 1.23 bits per heavy atom. The van der Waals surface area contributed by atoms with E-state index in [1.165, 1.54) is 32.6 Å². The molecule has 2 atom stereocenters. The molecule has 0 bridgehead atoms. The average molecular weight is 310 g/mol. The van der Waals surface area contributed by atoms with Crippen molar-refractivity contribution in [2.24, 2.45) is 5.92 Å². The molecular formula is C15H22N2O5. The number of nitrogens with one attached hydrogen (secondary N) is 2. The van der Waals surface area contributed by atoms with Crippen molar-refractivity contribution in [1.82, 2.24) is 10.6 Å². The molecule has 0 radical (unpaired) electrons. The van der Waals surface area contributed by atoms with Crippen LogP contribution in [0.15, 0.2) is 23.0 Å². The molecule has 0 aliphatic heterocycles. The summed E-state index contributed by atoms with van der Waals surface area (Å²) < 4.78 is 9.49. The summed E-state index contributed by atoms with van der Waals surface area (Å²) >= 11 is 0. The van der Waals surface area contributed by atoms with Crippen molar-refractivity contribution in [1.29, 1.82) is 0 Å². The molecule has 0 aliphatic rings. The molecule has 0 saturated heterocycles. The van der Waals surface area contributed by atoms with Crippen molar-refractivity contribution in [3.8, 4) is 0 Å². The van der Waals surface area contributed by atoms with Crippen molar-refractivity contribution < 1.29 is 23.5 Å². The van der Waals surface area contributed by atoms with Crippen LogP contribution in [0.1, 0.15) is 37.6 Å². The fraction of sp³-hybridized carbons (Fsp3) is 0.533. The van der Waals surface area contributed by atoms with E-state index < -0.39 is 29.9 Å². The quantitative estimate of drug-likeness (QED) is 0.735. The SMILES string of the molecule is COC(=O)[C@H](CC(C)C)NC(=O)[C@H](C)NC(=O)c1ccoc1. The van der Waals surface area contributed by atoms with Crippen LogP contribution in [0.25, 0.3) is 0 Å². The van der Waals surface area contributed by atoms with Gasteiger partial charge in [-0.1, -0.05) is 13.8 Å². The summed E-state index contributed by atoms with van der Waals surface area (Å²) in [5.74, 6) is -1.17. The first kappa shape index (κ1) is 17.7. The molecule has 0 aliphatic carbocycles. The smallest absolute Gasteiger partial charge is 0.328 e. The van der Waals surface area contributed by atoms with Crippen LogP contribution < -0.4 is 10.6 Å². The number of carbonyl (C=O) groups is 3. The van der Waals surface area contributed by atoms with Gasteiger partial charge in [-0.05, 0) is 25.3 Å². The van der Waals surface area contributed by atoms with E-state index in [9.17, 15) is 14.4 Å². The summed E-state index contributed by atoms with van der Waals surface area (Å²) in [6.07, 6.45) is 3.12. The number of ether oxygens (including phenoxy) is 1. The molecule has 0 aromatic carbocycles. The highest BCUT2D eigenvalue weighted by atomic mass is 16.5. The Balaban J connectivity index is 2.60. The van der Waals surface area contributed by atoms with Crippen molar-refractivity contribution in [3.05, 3.63) is 24.2 Å². The number of rotatable bonds is 7. The molecule has 1 aromatic heterocycles. The van der Waals surface area contributed by atoms with Crippen LogP contribution in [-0.2, 0) is 14.3 Å². The van der Waals surface area contributed by atoms with Gasteiger partial charge in [0, 0.05) is 0 Å². The summed E-state index contributed by atoms with van der Waals surface area (Å²) in [5, 5.41) is 5.13. The topological polar surface area (TPSA) is 97.6 Å². The molecule has 0 unspecified atom stereocenters. The largest absolute Gasteiger partial charge is 0.472 e. The first-order chi connectivity index (χ1) is 10.3. The highest BCUT2D eigenvalue weighted by Gasteiger charge is 2.25. The second-order valence-electron chi connectivity index (χ2n) is 5.42. The Morgan fingerprint density at radius 2 is 1.91 bits per heavy atom. The first-order valence-electron chi connectivity index (χ1n) is 7.06. The van der Waals surface area contributed by atoms with Gasteiger partial charge >= 0.3 is 5.97 Å². The lowest BCUT2D eigenvalue weighted by molar-refractivity contribution is -0.145. The number of hydrogen-bond acceptors (Lipinski definition) is 5. The van der Waals surface area contributed by atoms with Gasteiger partial charge in [0.2, 0.25) is 5.91 Å². The van der Waals surface area contributed by atoms with E-state index in [1.807, 2.05) is 13.8 Å². The van der Waals surface area contributed by atoms with Crippen molar-refractivity contribution >= 4 is 17.8 Å². The number of furan rings is 1. The maximum Gasteiger partial charge on any atom is 0.328 e. The Hall–Kier alpha value is -2.31. The third-order valence-electron chi connectivity index (χ3n) is 3.03. The number of esters is 1. The van der Waals surface area contributed by atoms with Crippen LogP contribution in [0, 0.1) is 5.92 Å². The van der Waals surface area contributed by atoms with Crippen LogP contribution >= 0.6 is 0 Å². The minimum Gasteiger partial charge on any atom is -0.472 e. The molecule has 7 nitrogen and oxygen atoms in total. The van der Waals surface area contributed by atoms with E-state index in [-0.39, 0.29) is 5.92 Å². The highest BCUT2D eigenvalue weighted by molar-refractivity contribution is 5.97. The van der Waals surface area contributed by atoms with Gasteiger partial charge in [-0.25, -0.2) is 4.79 Å². The van der Waals surface area contributed by atoms with Gasteiger partial charge in [0.05, 0.1) is 18.9 Å². The molecule has 1 rings (SSSR count). The predicted molar refractivity (Wildman–Crippen MR) is 79.0 cm³/mol. The summed E-state index contributed by atoms with van der Waals surface area (Å²) in [6.45, 7) is 5.41. The standard InChI is InChI=1S/C15H22N2O5/c1-9(2)7-12(15(20)21-4)17-13(18)10(3)16-14(19)11-5-6-22-8-11/h5-6,8-10,12H,7H2,1-4H3,(H,16,19)(H,17,18)/t10-,12-/m0/s1. The minimum absolute atomic E-state index is 0.209. The molecule has 1 heterocycles. The van der Waals surface area contributed by atoms with Crippen LogP contribution in [0.2, 0.25) is 0 Å². The Kier molecular flexibility index (Phi) is 6.62. The third-order valence-corrected chi connectivity index (χ3v) is 3.03. The van der Waals surface area contributed by atoms with Gasteiger partial charge in [0.25, 0.3) is 5.91 Å². The fourth-order valence-corrected chi connectivity index (χ4v) is 1.86. The lowest BCUT2D eigenvalue weighted by atomic mass is 10.0. The Bertz CT molecular complexity index is 510. The van der Waals surface area contributed by atoms with Crippen LogP contribution in [0.4, 0.5) is 0 Å². The monoisotopic (exact) mass is 310 g/mol. The third kappa shape index (κ3) is 5.23. The molecule has 2 N–H and O–H groups in total. The first-order valence-corrected chi connectivity index (χ1v) is 7.06. The molecule has 0 fully saturated rings. The molecule has 7 heteroatoms. The van der Waals surface area contributed by atoms with E-state index in [2.05, 4.69) is 15.4 Å². The summed E-state index contributed by atoms with van der Waals surface area (Å²) in [4.78, 5) is 35.6. The molecule has 1 aromatic rings. The summed E-state index contributed by atoms with van der Waals surface area (Å²) in [7, 11) is 1.27. The average Bonchev–Trinajstić information content (AvgIpc) is 2.99. The van der Waals surface area contributed by atoms with Crippen LogP contribution in [-0.4, -0.2) is 37.0 Å². The van der Waals surface area contributed by atoms with Crippen LogP contribution in [0.5, 0.6) is 0 Å². The maximum absolute atomic E-state index is 12.1. The second-order valence-corrected chi connectivity index (χ2v) is 5.42. The lowest BCUT2D eigenvalue weighted by Crippen LogP contribution is -2.50. The zero-order valence-corrected chi connectivity index (χ0v) is 13.2. The van der Waals surface area contributed by atoms with Gasteiger partial charge in [0.15, 0.2) is 0 Å². The van der Waals surface area contributed by atoms with Crippen LogP contribution in [0.3, 0.4) is 0 Å². The van der Waals surface area contributed by atoms with E-state index in [0.29, 0.717) is 12.0 Å². The number of amides is 2. The highest BCUT2D eigenvalue weighted by Crippen LogP contribution is 2.07. The zero-order valence-electron chi connectivity index (χ0n) is 13.2. The second kappa shape index (κ2) is 8.21. The van der Waals surface area contributed by atoms with Crippen molar-refractivity contribution in [2.45, 2.75) is 39.3 Å². The van der Waals surface area contributed by atoms with Gasteiger partial charge in [-0.3, -0.25) is 9.59 Å². The Labute approximate surface area is 129 Å². The van der Waals surface area contributed by atoms with E-state index in [1.54, 1.807) is 0 Å². The number of methoxy groups -OCH3 is 1. The van der Waals surface area contributed by atoms with E-state index >= 15 is 0 Å². The lowest BCUT2D eigenvalue weighted by Gasteiger charge is -2.21. The molecule has 2 amide bonds. The van der Waals surface area contributed by atoms with Crippen molar-refractivity contribution in [3.63, 3.8) is 0 Å². The zero-order chi connectivity index (χ0) is 16.7. The van der Waals surface area contributed by atoms with Crippen molar-refractivity contribution in [2.75, 3.05) is 7.11 Å². The predicted octanol–water partition coefficient (Wildman–Crippen LogP) is 1.10. The van der Waals surface area contributed by atoms with Gasteiger partial charge < -0.3 is 19.8 Å². The molecule has 22 heavy (non-hydrogen) atoms. The molecule has 122 valence electrons. The Morgan fingerprint density at radius 3 is 2.41 bits per heavy atom. The summed E-state index contributed by atoms with van der Waals surface area (Å²) in [5.41, 5.74) is 0.325. The number of hydrogen-bond donors (Lipinski definition) is 2. The molecule has 0 saturated carbocycles. The van der Waals surface area contributed by atoms with Gasteiger partial charge in [-0.2, -0.15) is 0 Å². The normalized spacial score (nSPS) is 13.3. The van der Waals surface area contributed by atoms with E-state index in [0.717, 1.165) is 0 Å². The van der Waals surface area contributed by atoms with E-state index in [4.69, 9.17) is 4.42 Å². The molecule has 0 spiro atoms. The van der Waals surface area contributed by atoms with Gasteiger partial charge in [0.1, 0.15) is 18.3 Å². The fourth-order valence-electron chi connectivity index (χ4n) is 1.86. The maximum atomic E-state index is 12.1. The minimum atomic E-state index is -0.790. The molecular weight excluding hydrogens is 288 g/mol.